The van der Waals surface area contributed by atoms with Crippen LogP contribution < -0.4 is 14.9 Å². The summed E-state index contributed by atoms with van der Waals surface area (Å²) in [5.41, 5.74) is 5.91. The summed E-state index contributed by atoms with van der Waals surface area (Å²) in [6, 6.07) is 20.9. The number of ether oxygens (including phenoxy) is 2. The Bertz CT molecular complexity index is 1030. The molecule has 0 fully saturated rings. The van der Waals surface area contributed by atoms with Gasteiger partial charge in [0.25, 0.3) is 5.91 Å². The minimum atomic E-state index is -0.246. The van der Waals surface area contributed by atoms with Crippen molar-refractivity contribution in [2.75, 3.05) is 6.61 Å². The first kappa shape index (κ1) is 21.6. The van der Waals surface area contributed by atoms with Gasteiger partial charge in [-0.25, -0.2) is 5.43 Å². The molecule has 0 saturated heterocycles. The van der Waals surface area contributed by atoms with E-state index in [4.69, 9.17) is 9.47 Å². The quantitative estimate of drug-likeness (QED) is 0.352. The zero-order chi connectivity index (χ0) is 21.3. The number of hydrogen-bond donors (Lipinski definition) is 1. The SMILES string of the molecule is CCOc1cc(/C=N\NC(=O)c2ccccc2C)ccc1OCc1ccc(Br)cc1. The average molecular weight is 467 g/mol. The van der Waals surface area contributed by atoms with E-state index in [1.807, 2.05) is 74.5 Å². The minimum absolute atomic E-state index is 0.246. The summed E-state index contributed by atoms with van der Waals surface area (Å²) in [6.45, 7) is 4.76. The summed E-state index contributed by atoms with van der Waals surface area (Å²) in [5.74, 6) is 1.04. The van der Waals surface area contributed by atoms with Gasteiger partial charge >= 0.3 is 0 Å². The maximum atomic E-state index is 12.2. The van der Waals surface area contributed by atoms with Crippen molar-refractivity contribution in [3.63, 3.8) is 0 Å². The van der Waals surface area contributed by atoms with Gasteiger partial charge in [0.2, 0.25) is 0 Å². The first-order chi connectivity index (χ1) is 14.6. The van der Waals surface area contributed by atoms with Crippen molar-refractivity contribution in [1.82, 2.24) is 5.43 Å². The molecular weight excluding hydrogens is 444 g/mol. The Morgan fingerprint density at radius 1 is 1.03 bits per heavy atom. The Labute approximate surface area is 184 Å². The molecule has 0 aliphatic heterocycles. The Morgan fingerprint density at radius 2 is 1.80 bits per heavy atom. The lowest BCUT2D eigenvalue weighted by molar-refractivity contribution is 0.0954. The molecule has 0 saturated carbocycles. The van der Waals surface area contributed by atoms with Crippen molar-refractivity contribution in [3.8, 4) is 11.5 Å². The molecular formula is C24H23BrN2O3. The van der Waals surface area contributed by atoms with E-state index < -0.39 is 0 Å². The predicted molar refractivity (Wildman–Crippen MR) is 122 cm³/mol. The molecule has 0 aromatic heterocycles. The highest BCUT2D eigenvalue weighted by atomic mass is 79.9. The Morgan fingerprint density at radius 3 is 2.53 bits per heavy atom. The van der Waals surface area contributed by atoms with E-state index in [0.717, 1.165) is 21.2 Å². The summed E-state index contributed by atoms with van der Waals surface area (Å²) in [6.07, 6.45) is 1.58. The fourth-order valence-corrected chi connectivity index (χ4v) is 3.05. The van der Waals surface area contributed by atoms with Crippen LogP contribution in [0.2, 0.25) is 0 Å². The van der Waals surface area contributed by atoms with E-state index in [2.05, 4.69) is 26.5 Å². The molecule has 3 rings (SSSR count). The second kappa shape index (κ2) is 10.6. The van der Waals surface area contributed by atoms with Crippen LogP contribution in [0.3, 0.4) is 0 Å². The lowest BCUT2D eigenvalue weighted by atomic mass is 10.1. The molecule has 3 aromatic rings. The van der Waals surface area contributed by atoms with Crippen LogP contribution in [-0.2, 0) is 6.61 Å². The number of nitrogens with one attached hydrogen (secondary N) is 1. The number of rotatable bonds is 8. The number of hydrogen-bond acceptors (Lipinski definition) is 4. The summed E-state index contributed by atoms with van der Waals surface area (Å²) in [7, 11) is 0. The number of carbonyl (C=O) groups is 1. The van der Waals surface area contributed by atoms with E-state index in [1.165, 1.54) is 0 Å². The van der Waals surface area contributed by atoms with Gasteiger partial charge in [0.05, 0.1) is 12.8 Å². The topological polar surface area (TPSA) is 59.9 Å². The normalized spacial score (nSPS) is 10.8. The monoisotopic (exact) mass is 466 g/mol. The van der Waals surface area contributed by atoms with Gasteiger partial charge in [-0.05, 0) is 66.9 Å². The summed E-state index contributed by atoms with van der Waals surface area (Å²) in [5, 5.41) is 4.07. The minimum Gasteiger partial charge on any atom is -0.490 e. The molecule has 6 heteroatoms. The van der Waals surface area contributed by atoms with Crippen molar-refractivity contribution in [2.24, 2.45) is 5.10 Å². The first-order valence-corrected chi connectivity index (χ1v) is 10.4. The van der Waals surface area contributed by atoms with Gasteiger partial charge in [0, 0.05) is 10.0 Å². The second-order valence-electron chi connectivity index (χ2n) is 6.57. The zero-order valence-electron chi connectivity index (χ0n) is 16.9. The number of halogens is 1. The van der Waals surface area contributed by atoms with Gasteiger partial charge in [0.15, 0.2) is 11.5 Å². The Balaban J connectivity index is 1.66. The smallest absolute Gasteiger partial charge is 0.271 e. The van der Waals surface area contributed by atoms with Crippen molar-refractivity contribution in [1.29, 1.82) is 0 Å². The predicted octanol–water partition coefficient (Wildman–Crippen LogP) is 5.50. The third-order valence-corrected chi connectivity index (χ3v) is 4.87. The van der Waals surface area contributed by atoms with Gasteiger partial charge in [-0.3, -0.25) is 4.79 Å². The van der Waals surface area contributed by atoms with Gasteiger partial charge in [-0.15, -0.1) is 0 Å². The van der Waals surface area contributed by atoms with Crippen LogP contribution in [-0.4, -0.2) is 18.7 Å². The summed E-state index contributed by atoms with van der Waals surface area (Å²) >= 11 is 3.43. The van der Waals surface area contributed by atoms with Crippen LogP contribution >= 0.6 is 15.9 Å². The zero-order valence-corrected chi connectivity index (χ0v) is 18.5. The molecule has 0 aliphatic carbocycles. The Kier molecular flexibility index (Phi) is 7.63. The van der Waals surface area contributed by atoms with Gasteiger partial charge < -0.3 is 9.47 Å². The highest BCUT2D eigenvalue weighted by molar-refractivity contribution is 9.10. The van der Waals surface area contributed by atoms with E-state index >= 15 is 0 Å². The van der Waals surface area contributed by atoms with Crippen molar-refractivity contribution < 1.29 is 14.3 Å². The maximum absolute atomic E-state index is 12.2. The molecule has 1 amide bonds. The van der Waals surface area contributed by atoms with Gasteiger partial charge in [-0.1, -0.05) is 46.3 Å². The number of aryl methyl sites for hydroxylation is 1. The lowest BCUT2D eigenvalue weighted by Gasteiger charge is -2.12. The average Bonchev–Trinajstić information content (AvgIpc) is 2.75. The van der Waals surface area contributed by atoms with E-state index in [0.29, 0.717) is 30.3 Å². The summed E-state index contributed by atoms with van der Waals surface area (Å²) < 4.78 is 12.7. The molecule has 1 N–H and O–H groups in total. The summed E-state index contributed by atoms with van der Waals surface area (Å²) in [4.78, 5) is 12.2. The Hall–Kier alpha value is -3.12. The number of nitrogens with zero attached hydrogens (tertiary/aromatic N) is 1. The second-order valence-corrected chi connectivity index (χ2v) is 7.48. The number of hydrazone groups is 1. The maximum Gasteiger partial charge on any atom is 0.271 e. The van der Waals surface area contributed by atoms with Crippen LogP contribution in [0.5, 0.6) is 11.5 Å². The molecule has 3 aromatic carbocycles. The van der Waals surface area contributed by atoms with Gasteiger partial charge in [0.1, 0.15) is 6.61 Å². The molecule has 0 spiro atoms. The molecule has 5 nitrogen and oxygen atoms in total. The number of benzene rings is 3. The highest BCUT2D eigenvalue weighted by Crippen LogP contribution is 2.29. The van der Waals surface area contributed by atoms with E-state index in [1.54, 1.807) is 12.3 Å². The van der Waals surface area contributed by atoms with Crippen LogP contribution in [0.4, 0.5) is 0 Å². The number of carbonyl (C=O) groups excluding carboxylic acids is 1. The largest absolute Gasteiger partial charge is 0.490 e. The van der Waals surface area contributed by atoms with Crippen LogP contribution in [0.1, 0.15) is 34.0 Å². The molecule has 0 unspecified atom stereocenters. The van der Waals surface area contributed by atoms with Crippen LogP contribution in [0, 0.1) is 6.92 Å². The fourth-order valence-electron chi connectivity index (χ4n) is 2.79. The number of amides is 1. The lowest BCUT2D eigenvalue weighted by Crippen LogP contribution is -2.18. The molecule has 0 heterocycles. The molecule has 154 valence electrons. The molecule has 0 atom stereocenters. The van der Waals surface area contributed by atoms with Crippen molar-refractivity contribution in [2.45, 2.75) is 20.5 Å². The van der Waals surface area contributed by atoms with E-state index in [9.17, 15) is 4.79 Å². The van der Waals surface area contributed by atoms with Gasteiger partial charge in [-0.2, -0.15) is 5.10 Å². The van der Waals surface area contributed by atoms with Crippen LogP contribution in [0.25, 0.3) is 0 Å². The van der Waals surface area contributed by atoms with Crippen molar-refractivity contribution in [3.05, 3.63) is 93.5 Å². The molecule has 30 heavy (non-hydrogen) atoms. The third kappa shape index (κ3) is 5.94. The first-order valence-electron chi connectivity index (χ1n) is 9.60. The molecule has 0 aliphatic rings. The molecule has 0 bridgehead atoms. The van der Waals surface area contributed by atoms with Crippen molar-refractivity contribution >= 4 is 28.1 Å². The van der Waals surface area contributed by atoms with E-state index in [-0.39, 0.29) is 5.91 Å². The molecule has 0 radical (unpaired) electrons. The van der Waals surface area contributed by atoms with Crippen LogP contribution in [0.15, 0.2) is 76.3 Å². The highest BCUT2D eigenvalue weighted by Gasteiger charge is 2.08. The fraction of sp³-hybridized carbons (Fsp3) is 0.167. The third-order valence-electron chi connectivity index (χ3n) is 4.34. The standard InChI is InChI=1S/C24H23BrN2O3/c1-3-29-23-14-19(15-26-27-24(28)21-7-5-4-6-17(21)2)10-13-22(23)30-16-18-8-11-20(25)12-9-18/h4-15H,3,16H2,1-2H3,(H,27,28)/b26-15-.